The third-order valence-electron chi connectivity index (χ3n) is 23.1. The van der Waals surface area contributed by atoms with Crippen molar-refractivity contribution in [1.82, 2.24) is 31.2 Å². The van der Waals surface area contributed by atoms with Crippen LogP contribution in [0.15, 0.2) is 73.4 Å². The molecule has 0 saturated heterocycles. The summed E-state index contributed by atoms with van der Waals surface area (Å²) in [5.41, 5.74) is 8.60. The molecule has 1 aromatic rings. The van der Waals surface area contributed by atoms with Gasteiger partial charge in [-0.3, -0.25) is 0 Å². The molecule has 16 fully saturated rings. The minimum Gasteiger partial charge on any atom is -0.345 e. The van der Waals surface area contributed by atoms with Crippen molar-refractivity contribution in [3.8, 4) is 6.07 Å². The minimum atomic E-state index is 0.421. The number of thioether (sulfide) groups is 1. The number of hydrogen-bond acceptors (Lipinski definition) is 7. The van der Waals surface area contributed by atoms with E-state index in [1.807, 2.05) is 24.0 Å². The van der Waals surface area contributed by atoms with Crippen molar-refractivity contribution in [2.45, 2.75) is 222 Å². The van der Waals surface area contributed by atoms with Crippen molar-refractivity contribution in [3.05, 3.63) is 84.9 Å². The molecular formula is C66H94IN7S. The van der Waals surface area contributed by atoms with Crippen LogP contribution in [0.1, 0.15) is 192 Å². The lowest BCUT2D eigenvalue weighted by atomic mass is 9.53. The number of aromatic amines is 1. The van der Waals surface area contributed by atoms with Gasteiger partial charge in [-0.25, -0.2) is 4.98 Å². The maximum absolute atomic E-state index is 9.00. The second kappa shape index (κ2) is 21.5. The summed E-state index contributed by atoms with van der Waals surface area (Å²) in [6.07, 6.45) is 56.3. The lowest BCUT2D eigenvalue weighted by Crippen LogP contribution is -2.60. The van der Waals surface area contributed by atoms with Crippen molar-refractivity contribution in [3.63, 3.8) is 0 Å². The molecule has 16 saturated carbocycles. The number of nitriles is 1. The van der Waals surface area contributed by atoms with Gasteiger partial charge in [0.15, 0.2) is 0 Å². The third-order valence-corrected chi connectivity index (χ3v) is 24.6. The standard InChI is InChI=1S/C18H24N2.C17H25NS.C16H22IN.C15H23N3/c1-12(17-3-2-13(7-17)11-19)20-18-8-14-4-15(9-18)6-16(5-14)10-18;1-19-16-3-2-12(7-16)11-18-17-8-13-4-14(9-17)6-15(5-13)10-17;17-15-2-1-11(6-15)10-18-16-7-12-3-13(8-16)5-14(4-12)9-16;1-10-8-16-14(18-10)9-17-15-5-11-2-12(6-15)4-13(3-11)7-15/h2-3,12,14-16,20H,4-10H2,1H3;2-3,13-15,18H,4-11H2,1H3;1-2,12-14,18H,3-10H2;8,11-13,17H,2-7,9H2,1H3,(H,16,18). The van der Waals surface area contributed by atoms with E-state index in [-0.39, 0.29) is 0 Å². The molecule has 0 amide bonds. The van der Waals surface area contributed by atoms with Gasteiger partial charge < -0.3 is 26.3 Å². The van der Waals surface area contributed by atoms with Gasteiger partial charge in [-0.15, -0.1) is 11.8 Å². The Morgan fingerprint density at radius 2 is 0.960 bits per heavy atom. The number of aromatic nitrogens is 2. The van der Waals surface area contributed by atoms with E-state index in [1.165, 1.54) is 142 Å². The summed E-state index contributed by atoms with van der Waals surface area (Å²) in [6, 6.07) is 2.71. The number of allylic oxidation sites excluding steroid dienone is 9. The molecule has 406 valence electrons. The summed E-state index contributed by atoms with van der Waals surface area (Å²) < 4.78 is 1.50. The highest BCUT2D eigenvalue weighted by Crippen LogP contribution is 2.59. The molecule has 19 aliphatic carbocycles. The van der Waals surface area contributed by atoms with Crippen molar-refractivity contribution >= 4 is 34.4 Å². The molecule has 0 aliphatic heterocycles. The Bertz CT molecular complexity index is 2370. The van der Waals surface area contributed by atoms with Crippen LogP contribution >= 0.6 is 34.4 Å². The number of nitrogens with zero attached hydrogens (tertiary/aromatic N) is 2. The van der Waals surface area contributed by atoms with E-state index >= 15 is 0 Å². The quantitative estimate of drug-likeness (QED) is 0.125. The summed E-state index contributed by atoms with van der Waals surface area (Å²) in [6.45, 7) is 7.54. The van der Waals surface area contributed by atoms with E-state index in [9.17, 15) is 0 Å². The second-order valence-electron chi connectivity index (χ2n) is 29.4. The fourth-order valence-corrected chi connectivity index (χ4v) is 22.9. The summed E-state index contributed by atoms with van der Waals surface area (Å²) in [5.74, 6) is 13.4. The predicted octanol–water partition coefficient (Wildman–Crippen LogP) is 14.8. The Hall–Kier alpha value is -1.94. The summed E-state index contributed by atoms with van der Waals surface area (Å²) >= 11 is 4.36. The molecule has 7 nitrogen and oxygen atoms in total. The van der Waals surface area contributed by atoms with Gasteiger partial charge in [-0.2, -0.15) is 5.26 Å². The number of aryl methyl sites for hydroxylation is 1. The topological polar surface area (TPSA) is 101 Å². The highest BCUT2D eigenvalue weighted by molar-refractivity contribution is 14.1. The maximum Gasteiger partial charge on any atom is 0.120 e. The maximum atomic E-state index is 9.00. The first-order valence-corrected chi connectivity index (χ1v) is 33.4. The van der Waals surface area contributed by atoms with E-state index in [2.05, 4.69) is 110 Å². The number of imidazole rings is 1. The fourth-order valence-electron chi connectivity index (χ4n) is 21.6. The van der Waals surface area contributed by atoms with Gasteiger partial charge >= 0.3 is 0 Å². The molecular weight excluding hydrogens is 1050 g/mol. The third kappa shape index (κ3) is 11.8. The molecule has 75 heavy (non-hydrogen) atoms. The van der Waals surface area contributed by atoms with E-state index in [0.29, 0.717) is 28.2 Å². The molecule has 19 aliphatic rings. The predicted molar refractivity (Wildman–Crippen MR) is 318 cm³/mol. The van der Waals surface area contributed by atoms with E-state index in [0.717, 1.165) is 114 Å². The Morgan fingerprint density at radius 1 is 0.560 bits per heavy atom. The van der Waals surface area contributed by atoms with Crippen LogP contribution in [-0.4, -0.2) is 57.5 Å². The van der Waals surface area contributed by atoms with Crippen LogP contribution in [0.25, 0.3) is 0 Å². The first-order chi connectivity index (χ1) is 36.3. The summed E-state index contributed by atoms with van der Waals surface area (Å²) in [4.78, 5) is 9.28. The van der Waals surface area contributed by atoms with Gasteiger partial charge in [0.1, 0.15) is 5.82 Å². The molecule has 0 radical (unpaired) electrons. The highest BCUT2D eigenvalue weighted by Gasteiger charge is 2.54. The van der Waals surface area contributed by atoms with Crippen LogP contribution in [0.4, 0.5) is 0 Å². The zero-order valence-electron chi connectivity index (χ0n) is 46.4. The number of rotatable bonds is 13. The molecule has 5 N–H and O–H groups in total. The van der Waals surface area contributed by atoms with E-state index in [1.54, 1.807) is 49.7 Å². The second-order valence-corrected chi connectivity index (χ2v) is 31.7. The van der Waals surface area contributed by atoms with Crippen LogP contribution in [0.3, 0.4) is 0 Å². The van der Waals surface area contributed by atoms with Crippen LogP contribution in [-0.2, 0) is 6.54 Å². The number of H-pyrrole nitrogens is 1. The van der Waals surface area contributed by atoms with Gasteiger partial charge in [0.05, 0.1) is 12.6 Å². The normalized spacial score (nSPS) is 43.3. The van der Waals surface area contributed by atoms with Gasteiger partial charge in [-0.05, 0) is 288 Å². The van der Waals surface area contributed by atoms with Crippen molar-refractivity contribution in [2.75, 3.05) is 19.3 Å². The Kier molecular flexibility index (Phi) is 15.0. The van der Waals surface area contributed by atoms with E-state index < -0.39 is 0 Å². The average Bonchev–Trinajstić information content (AvgIpc) is 4.21. The number of nitrogens with one attached hydrogen (secondary N) is 5. The zero-order valence-corrected chi connectivity index (χ0v) is 49.4. The average molecular weight is 1140 g/mol. The minimum absolute atomic E-state index is 0.421. The van der Waals surface area contributed by atoms with Gasteiger partial charge in [0, 0.05) is 78.0 Å². The fraction of sp³-hybridized carbons (Fsp3) is 0.758. The van der Waals surface area contributed by atoms with Gasteiger partial charge in [0.2, 0.25) is 0 Å². The molecule has 1 atom stereocenters. The lowest BCUT2D eigenvalue weighted by molar-refractivity contribution is -0.0226. The number of hydrogen-bond donors (Lipinski definition) is 5. The van der Waals surface area contributed by atoms with E-state index in [4.69, 9.17) is 5.26 Å². The molecule has 20 rings (SSSR count). The monoisotopic (exact) mass is 1140 g/mol. The molecule has 16 bridgehead atoms. The zero-order chi connectivity index (χ0) is 50.9. The molecule has 9 heteroatoms. The number of halogens is 1. The molecule has 1 heterocycles. The Labute approximate surface area is 471 Å². The molecule has 0 aromatic carbocycles. The van der Waals surface area contributed by atoms with Gasteiger partial charge in [-0.1, -0.05) is 41.5 Å². The van der Waals surface area contributed by atoms with Gasteiger partial charge in [0.25, 0.3) is 0 Å². The van der Waals surface area contributed by atoms with Crippen LogP contribution in [0.5, 0.6) is 0 Å². The van der Waals surface area contributed by atoms with Crippen LogP contribution in [0, 0.1) is 89.3 Å². The SMILES string of the molecule is CC(NC12CC3CC(CC(C3)C1)C2)C1=CC=C(C#N)C1.CSC1=CC=C(CNC23CC4CC(CC(C4)C2)C3)C1.Cc1cnc(CNC23CC4CC(CC(C4)C2)C3)[nH]1.IC1=CC=C(CNC23CC4CC(CC(C4)C2)C3)C1. The van der Waals surface area contributed by atoms with Crippen molar-refractivity contribution < 1.29 is 0 Å². The summed E-state index contributed by atoms with van der Waals surface area (Å²) in [5, 5.41) is 24.8. The smallest absolute Gasteiger partial charge is 0.120 e. The lowest BCUT2D eigenvalue weighted by Gasteiger charge is -2.58. The van der Waals surface area contributed by atoms with Crippen LogP contribution < -0.4 is 21.3 Å². The first-order valence-electron chi connectivity index (χ1n) is 31.1. The molecule has 0 spiro atoms. The Morgan fingerprint density at radius 3 is 1.31 bits per heavy atom. The molecule has 1 unspecified atom stereocenters. The molecule has 1 aromatic heterocycles. The largest absolute Gasteiger partial charge is 0.345 e. The highest BCUT2D eigenvalue weighted by atomic mass is 127. The van der Waals surface area contributed by atoms with Crippen LogP contribution in [0.2, 0.25) is 0 Å². The first kappa shape index (κ1) is 52.4. The summed E-state index contributed by atoms with van der Waals surface area (Å²) in [7, 11) is 0. The van der Waals surface area contributed by atoms with Crippen molar-refractivity contribution in [2.24, 2.45) is 71.0 Å². The Balaban J connectivity index is 0.0000000962. The van der Waals surface area contributed by atoms with Crippen molar-refractivity contribution in [1.29, 1.82) is 5.26 Å².